The molecule has 1 N–H and O–H groups in total. The van der Waals surface area contributed by atoms with Crippen molar-refractivity contribution in [2.45, 2.75) is 0 Å². The number of hydrogen-bond donors (Lipinski definition) is 1. The molecule has 0 saturated carbocycles. The number of halogens is 1. The molecule has 0 saturated heterocycles. The SMILES string of the molecule is O=C(Nc1nnc(N=Cc2ccc([N+](=O)[O-])s2)s1)c1ccc(Br)cc1. The van der Waals surface area contributed by atoms with Gasteiger partial charge in [-0.05, 0) is 30.3 Å². The first kappa shape index (κ1) is 17.3. The minimum atomic E-state index is -0.456. The first-order valence-electron chi connectivity index (χ1n) is 6.70. The molecule has 0 fully saturated rings. The molecule has 0 aliphatic rings. The van der Waals surface area contributed by atoms with Crippen LogP contribution in [0.1, 0.15) is 15.2 Å². The average molecular weight is 438 g/mol. The van der Waals surface area contributed by atoms with Gasteiger partial charge >= 0.3 is 5.00 Å². The van der Waals surface area contributed by atoms with Crippen LogP contribution in [-0.4, -0.2) is 27.2 Å². The molecular weight excluding hydrogens is 430 g/mol. The van der Waals surface area contributed by atoms with E-state index in [2.05, 4.69) is 36.4 Å². The predicted octanol–water partition coefficient (Wildman–Crippen LogP) is 4.27. The zero-order valence-electron chi connectivity index (χ0n) is 12.2. The van der Waals surface area contributed by atoms with E-state index < -0.39 is 4.92 Å². The van der Waals surface area contributed by atoms with Crippen molar-refractivity contribution < 1.29 is 9.72 Å². The lowest BCUT2D eigenvalue weighted by Crippen LogP contribution is -2.11. The Morgan fingerprint density at radius 3 is 2.64 bits per heavy atom. The molecule has 0 radical (unpaired) electrons. The first-order valence-corrected chi connectivity index (χ1v) is 9.12. The second-order valence-corrected chi connectivity index (χ2v) is 7.51. The predicted molar refractivity (Wildman–Crippen MR) is 100 cm³/mol. The van der Waals surface area contributed by atoms with Gasteiger partial charge in [0.25, 0.3) is 5.91 Å². The Hall–Kier alpha value is -2.50. The standard InChI is InChI=1S/C14H8BrN5O3S2/c15-9-3-1-8(2-4-9)12(21)17-14-19-18-13(25-14)16-7-10-5-6-11(24-10)20(22)23/h1-7H,(H,17,19,21). The number of carbonyl (C=O) groups excluding carboxylic acids is 1. The van der Waals surface area contributed by atoms with Crippen molar-refractivity contribution in [3.05, 3.63) is 61.4 Å². The van der Waals surface area contributed by atoms with E-state index in [4.69, 9.17) is 0 Å². The van der Waals surface area contributed by atoms with Crippen molar-refractivity contribution in [1.82, 2.24) is 10.2 Å². The molecule has 0 atom stereocenters. The molecule has 1 amide bonds. The minimum Gasteiger partial charge on any atom is -0.296 e. The lowest BCUT2D eigenvalue weighted by atomic mass is 10.2. The van der Waals surface area contributed by atoms with Gasteiger partial charge in [0.1, 0.15) is 0 Å². The number of aliphatic imine (C=N–C) groups is 1. The zero-order valence-corrected chi connectivity index (χ0v) is 15.5. The van der Waals surface area contributed by atoms with E-state index in [1.54, 1.807) is 30.3 Å². The van der Waals surface area contributed by atoms with Crippen LogP contribution in [0, 0.1) is 10.1 Å². The van der Waals surface area contributed by atoms with Crippen LogP contribution < -0.4 is 5.32 Å². The summed E-state index contributed by atoms with van der Waals surface area (Å²) < 4.78 is 0.880. The number of anilines is 1. The lowest BCUT2D eigenvalue weighted by molar-refractivity contribution is -0.380. The Morgan fingerprint density at radius 1 is 1.20 bits per heavy atom. The molecule has 3 rings (SSSR count). The largest absolute Gasteiger partial charge is 0.324 e. The molecule has 8 nitrogen and oxygen atoms in total. The van der Waals surface area contributed by atoms with Gasteiger partial charge in [0.15, 0.2) is 0 Å². The molecule has 25 heavy (non-hydrogen) atoms. The zero-order chi connectivity index (χ0) is 17.8. The molecule has 1 aromatic carbocycles. The summed E-state index contributed by atoms with van der Waals surface area (Å²) in [5, 5.41) is 21.7. The molecule has 3 aromatic rings. The second kappa shape index (κ2) is 7.59. The van der Waals surface area contributed by atoms with Gasteiger partial charge in [-0.25, -0.2) is 4.99 Å². The fourth-order valence-electron chi connectivity index (χ4n) is 1.72. The van der Waals surface area contributed by atoms with Crippen LogP contribution in [0.4, 0.5) is 15.3 Å². The first-order chi connectivity index (χ1) is 12.0. The Bertz CT molecular complexity index is 952. The maximum atomic E-state index is 12.1. The molecule has 126 valence electrons. The highest BCUT2D eigenvalue weighted by Gasteiger charge is 2.11. The number of aromatic nitrogens is 2. The van der Waals surface area contributed by atoms with Crippen LogP contribution in [0.5, 0.6) is 0 Å². The van der Waals surface area contributed by atoms with Crippen molar-refractivity contribution in [3.63, 3.8) is 0 Å². The van der Waals surface area contributed by atoms with Gasteiger partial charge in [0.2, 0.25) is 10.3 Å². The quantitative estimate of drug-likeness (QED) is 0.363. The van der Waals surface area contributed by atoms with Gasteiger partial charge in [0.05, 0.1) is 9.80 Å². The van der Waals surface area contributed by atoms with Crippen LogP contribution in [-0.2, 0) is 0 Å². The number of hydrogen-bond acceptors (Lipinski definition) is 8. The molecule has 0 bridgehead atoms. The van der Waals surface area contributed by atoms with Crippen molar-refractivity contribution >= 4 is 66.0 Å². The monoisotopic (exact) mass is 437 g/mol. The van der Waals surface area contributed by atoms with Crippen LogP contribution in [0.25, 0.3) is 0 Å². The maximum absolute atomic E-state index is 12.1. The summed E-state index contributed by atoms with van der Waals surface area (Å²) in [4.78, 5) is 27.0. The van der Waals surface area contributed by atoms with E-state index in [9.17, 15) is 14.9 Å². The van der Waals surface area contributed by atoms with E-state index in [0.29, 0.717) is 20.7 Å². The molecule has 0 spiro atoms. The third-order valence-corrected chi connectivity index (χ3v) is 5.08. The van der Waals surface area contributed by atoms with E-state index in [1.165, 1.54) is 12.3 Å². The Morgan fingerprint density at radius 2 is 1.96 bits per heavy atom. The van der Waals surface area contributed by atoms with Gasteiger partial charge in [-0.3, -0.25) is 20.2 Å². The normalized spacial score (nSPS) is 10.9. The number of carbonyl (C=O) groups is 1. The van der Waals surface area contributed by atoms with Crippen molar-refractivity contribution in [2.75, 3.05) is 5.32 Å². The molecular formula is C14H8BrN5O3S2. The van der Waals surface area contributed by atoms with Crippen LogP contribution in [0.2, 0.25) is 0 Å². The van der Waals surface area contributed by atoms with Gasteiger partial charge in [-0.2, -0.15) is 0 Å². The summed E-state index contributed by atoms with van der Waals surface area (Å²) in [7, 11) is 0. The van der Waals surface area contributed by atoms with Gasteiger partial charge < -0.3 is 0 Å². The summed E-state index contributed by atoms with van der Waals surface area (Å²) >= 11 is 5.42. The maximum Gasteiger partial charge on any atom is 0.324 e. The Balaban J connectivity index is 1.65. The number of rotatable bonds is 5. The fourth-order valence-corrected chi connectivity index (χ4v) is 3.26. The highest BCUT2D eigenvalue weighted by Crippen LogP contribution is 2.26. The van der Waals surface area contributed by atoms with Crippen LogP contribution >= 0.6 is 38.6 Å². The minimum absolute atomic E-state index is 0.0427. The number of nitrogens with zero attached hydrogens (tertiary/aromatic N) is 4. The second-order valence-electron chi connectivity index (χ2n) is 4.54. The van der Waals surface area contributed by atoms with Crippen LogP contribution in [0.3, 0.4) is 0 Å². The number of nitrogens with one attached hydrogen (secondary N) is 1. The highest BCUT2D eigenvalue weighted by molar-refractivity contribution is 9.10. The van der Waals surface area contributed by atoms with Gasteiger partial charge in [-0.15, -0.1) is 10.2 Å². The average Bonchev–Trinajstić information content (AvgIpc) is 3.22. The number of thiophene rings is 1. The topological polar surface area (TPSA) is 110 Å². The Labute approximate surface area is 157 Å². The lowest BCUT2D eigenvalue weighted by Gasteiger charge is -2.00. The summed E-state index contributed by atoms with van der Waals surface area (Å²) in [6, 6.07) is 9.92. The summed E-state index contributed by atoms with van der Waals surface area (Å²) in [6.45, 7) is 0. The number of benzene rings is 1. The molecule has 2 heterocycles. The van der Waals surface area contributed by atoms with E-state index in [1.807, 2.05) is 0 Å². The number of amides is 1. The van der Waals surface area contributed by atoms with Gasteiger partial charge in [0, 0.05) is 22.3 Å². The van der Waals surface area contributed by atoms with E-state index in [0.717, 1.165) is 27.1 Å². The summed E-state index contributed by atoms with van der Waals surface area (Å²) in [5.41, 5.74) is 0.495. The van der Waals surface area contributed by atoms with Crippen LogP contribution in [0.15, 0.2) is 45.9 Å². The Kier molecular flexibility index (Phi) is 5.26. The van der Waals surface area contributed by atoms with E-state index in [-0.39, 0.29) is 10.9 Å². The third-order valence-electron chi connectivity index (χ3n) is 2.84. The van der Waals surface area contributed by atoms with Crippen molar-refractivity contribution in [1.29, 1.82) is 0 Å². The molecule has 0 aliphatic heterocycles. The van der Waals surface area contributed by atoms with Gasteiger partial charge in [-0.1, -0.05) is 38.6 Å². The smallest absolute Gasteiger partial charge is 0.296 e. The van der Waals surface area contributed by atoms with Crippen molar-refractivity contribution in [2.24, 2.45) is 4.99 Å². The number of nitro groups is 1. The molecule has 0 unspecified atom stereocenters. The van der Waals surface area contributed by atoms with Crippen molar-refractivity contribution in [3.8, 4) is 0 Å². The third kappa shape index (κ3) is 4.53. The molecule has 2 aromatic heterocycles. The summed E-state index contributed by atoms with van der Waals surface area (Å²) in [6.07, 6.45) is 1.47. The highest BCUT2D eigenvalue weighted by atomic mass is 79.9. The van der Waals surface area contributed by atoms with E-state index >= 15 is 0 Å². The fraction of sp³-hybridized carbons (Fsp3) is 0. The molecule has 11 heteroatoms. The molecule has 0 aliphatic carbocycles. The summed E-state index contributed by atoms with van der Waals surface area (Å²) in [5.74, 6) is -0.298.